The first kappa shape index (κ1) is 17.4. The van der Waals surface area contributed by atoms with Crippen LogP contribution >= 0.6 is 0 Å². The SMILES string of the molecule is NC(=O)COC[C@@H]1CN(CC2CCCCC2)C[C@H]1c1ccncc1. The van der Waals surface area contributed by atoms with E-state index < -0.39 is 5.91 Å². The minimum atomic E-state index is -0.396. The van der Waals surface area contributed by atoms with E-state index in [9.17, 15) is 4.79 Å². The van der Waals surface area contributed by atoms with E-state index in [0.717, 1.165) is 19.0 Å². The number of likely N-dealkylation sites (tertiary alicyclic amines) is 1. The molecule has 24 heavy (non-hydrogen) atoms. The summed E-state index contributed by atoms with van der Waals surface area (Å²) in [6.45, 7) is 3.93. The summed E-state index contributed by atoms with van der Waals surface area (Å²) in [7, 11) is 0. The van der Waals surface area contributed by atoms with Crippen molar-refractivity contribution >= 4 is 5.91 Å². The first-order valence-electron chi connectivity index (χ1n) is 9.20. The van der Waals surface area contributed by atoms with Gasteiger partial charge in [0, 0.05) is 43.9 Å². The molecular weight excluding hydrogens is 302 g/mol. The van der Waals surface area contributed by atoms with Crippen LogP contribution in [0.5, 0.6) is 0 Å². The fourth-order valence-corrected chi connectivity index (χ4v) is 4.31. The van der Waals surface area contributed by atoms with Gasteiger partial charge in [-0.15, -0.1) is 0 Å². The van der Waals surface area contributed by atoms with Gasteiger partial charge in [0.25, 0.3) is 0 Å². The Bertz CT molecular complexity index is 517. The molecule has 0 radical (unpaired) electrons. The van der Waals surface area contributed by atoms with Crippen LogP contribution in [0.15, 0.2) is 24.5 Å². The predicted octanol–water partition coefficient (Wildman–Crippen LogP) is 2.18. The number of hydrogen-bond acceptors (Lipinski definition) is 4. The lowest BCUT2D eigenvalue weighted by Gasteiger charge is -2.26. The second-order valence-corrected chi connectivity index (χ2v) is 7.35. The largest absolute Gasteiger partial charge is 0.371 e. The predicted molar refractivity (Wildman–Crippen MR) is 93.5 cm³/mol. The van der Waals surface area contributed by atoms with Crippen molar-refractivity contribution in [3.8, 4) is 0 Å². The van der Waals surface area contributed by atoms with Crippen molar-refractivity contribution in [2.45, 2.75) is 38.0 Å². The lowest BCUT2D eigenvalue weighted by Crippen LogP contribution is -2.29. The van der Waals surface area contributed by atoms with Gasteiger partial charge in [0.05, 0.1) is 6.61 Å². The Kier molecular flexibility index (Phi) is 6.21. The summed E-state index contributed by atoms with van der Waals surface area (Å²) in [5.74, 6) is 1.31. The van der Waals surface area contributed by atoms with E-state index in [0.29, 0.717) is 18.4 Å². The van der Waals surface area contributed by atoms with Crippen LogP contribution in [0.3, 0.4) is 0 Å². The van der Waals surface area contributed by atoms with Crippen molar-refractivity contribution in [1.29, 1.82) is 0 Å². The maximum atomic E-state index is 10.9. The summed E-state index contributed by atoms with van der Waals surface area (Å²) >= 11 is 0. The molecule has 1 aliphatic carbocycles. The molecule has 2 aliphatic rings. The van der Waals surface area contributed by atoms with Gasteiger partial charge in [0.15, 0.2) is 0 Å². The molecule has 2 N–H and O–H groups in total. The smallest absolute Gasteiger partial charge is 0.243 e. The van der Waals surface area contributed by atoms with Gasteiger partial charge in [-0.2, -0.15) is 0 Å². The number of amides is 1. The molecule has 1 saturated carbocycles. The second-order valence-electron chi connectivity index (χ2n) is 7.35. The highest BCUT2D eigenvalue weighted by atomic mass is 16.5. The number of primary amides is 1. The van der Waals surface area contributed by atoms with Gasteiger partial charge in [-0.3, -0.25) is 9.78 Å². The number of carbonyl (C=O) groups excluding carboxylic acids is 1. The number of nitrogens with two attached hydrogens (primary N) is 1. The molecule has 1 aromatic heterocycles. The van der Waals surface area contributed by atoms with Crippen LogP contribution in [-0.2, 0) is 9.53 Å². The normalized spacial score (nSPS) is 25.8. The van der Waals surface area contributed by atoms with Crippen LogP contribution in [0.25, 0.3) is 0 Å². The van der Waals surface area contributed by atoms with Gasteiger partial charge in [0.1, 0.15) is 6.61 Å². The van der Waals surface area contributed by atoms with Crippen LogP contribution < -0.4 is 5.73 Å². The van der Waals surface area contributed by atoms with Crippen molar-refractivity contribution in [3.63, 3.8) is 0 Å². The third-order valence-corrected chi connectivity index (χ3v) is 5.47. The lowest BCUT2D eigenvalue weighted by molar-refractivity contribution is -0.122. The molecule has 3 rings (SSSR count). The molecule has 5 heteroatoms. The first-order valence-corrected chi connectivity index (χ1v) is 9.20. The summed E-state index contributed by atoms with van der Waals surface area (Å²) in [4.78, 5) is 17.7. The maximum Gasteiger partial charge on any atom is 0.243 e. The third kappa shape index (κ3) is 4.77. The molecule has 0 aromatic carbocycles. The quantitative estimate of drug-likeness (QED) is 0.831. The van der Waals surface area contributed by atoms with Gasteiger partial charge in [-0.25, -0.2) is 0 Å². The van der Waals surface area contributed by atoms with Crippen molar-refractivity contribution in [2.24, 2.45) is 17.6 Å². The van der Waals surface area contributed by atoms with Crippen LogP contribution in [0.2, 0.25) is 0 Å². The van der Waals surface area contributed by atoms with E-state index in [-0.39, 0.29) is 6.61 Å². The van der Waals surface area contributed by atoms with E-state index in [2.05, 4.69) is 22.0 Å². The number of aromatic nitrogens is 1. The standard InChI is InChI=1S/C19H29N3O2/c20-19(23)14-24-13-17-11-22(10-15-4-2-1-3-5-15)12-18(17)16-6-8-21-9-7-16/h6-9,15,17-18H,1-5,10-14H2,(H2,20,23)/t17-,18-/m0/s1. The van der Waals surface area contributed by atoms with Gasteiger partial charge >= 0.3 is 0 Å². The fraction of sp³-hybridized carbons (Fsp3) is 0.684. The van der Waals surface area contributed by atoms with Crippen LogP contribution in [0, 0.1) is 11.8 Å². The molecule has 1 aromatic rings. The monoisotopic (exact) mass is 331 g/mol. The molecular formula is C19H29N3O2. The molecule has 1 saturated heterocycles. The average molecular weight is 331 g/mol. The number of carbonyl (C=O) groups is 1. The Labute approximate surface area is 144 Å². The Morgan fingerprint density at radius 2 is 1.96 bits per heavy atom. The summed E-state index contributed by atoms with van der Waals surface area (Å²) < 4.78 is 5.55. The number of pyridine rings is 1. The highest BCUT2D eigenvalue weighted by Crippen LogP contribution is 2.34. The minimum absolute atomic E-state index is 0.0161. The molecule has 132 valence electrons. The lowest BCUT2D eigenvalue weighted by atomic mass is 9.89. The van der Waals surface area contributed by atoms with Crippen molar-refractivity contribution in [1.82, 2.24) is 9.88 Å². The van der Waals surface area contributed by atoms with E-state index in [1.54, 1.807) is 0 Å². The number of ether oxygens (including phenoxy) is 1. The number of hydrogen-bond donors (Lipinski definition) is 1. The van der Waals surface area contributed by atoms with Crippen molar-refractivity contribution in [2.75, 3.05) is 32.8 Å². The molecule has 5 nitrogen and oxygen atoms in total. The van der Waals surface area contributed by atoms with Gasteiger partial charge < -0.3 is 15.4 Å². The number of rotatable bonds is 7. The maximum absolute atomic E-state index is 10.9. The Balaban J connectivity index is 1.61. The van der Waals surface area contributed by atoms with Crippen LogP contribution in [0.1, 0.15) is 43.6 Å². The Morgan fingerprint density at radius 1 is 1.21 bits per heavy atom. The summed E-state index contributed by atoms with van der Waals surface area (Å²) in [6, 6.07) is 4.21. The zero-order valence-electron chi connectivity index (χ0n) is 14.4. The van der Waals surface area contributed by atoms with E-state index >= 15 is 0 Å². The molecule has 0 unspecified atom stereocenters. The van der Waals surface area contributed by atoms with E-state index in [1.165, 1.54) is 44.2 Å². The highest BCUT2D eigenvalue weighted by molar-refractivity contribution is 5.74. The zero-order chi connectivity index (χ0) is 16.8. The number of nitrogens with zero attached hydrogens (tertiary/aromatic N) is 2. The zero-order valence-corrected chi connectivity index (χ0v) is 14.4. The van der Waals surface area contributed by atoms with Gasteiger partial charge in [0.2, 0.25) is 5.91 Å². The van der Waals surface area contributed by atoms with E-state index in [1.807, 2.05) is 12.4 Å². The Hall–Kier alpha value is -1.46. The van der Waals surface area contributed by atoms with Gasteiger partial charge in [-0.05, 0) is 36.5 Å². The molecule has 1 amide bonds. The second kappa shape index (κ2) is 8.58. The minimum Gasteiger partial charge on any atom is -0.371 e. The molecule has 0 bridgehead atoms. The molecule has 0 spiro atoms. The van der Waals surface area contributed by atoms with Crippen molar-refractivity contribution in [3.05, 3.63) is 30.1 Å². The molecule has 1 aliphatic heterocycles. The van der Waals surface area contributed by atoms with Crippen molar-refractivity contribution < 1.29 is 9.53 Å². The summed E-state index contributed by atoms with van der Waals surface area (Å²) in [5.41, 5.74) is 6.51. The molecule has 2 atom stereocenters. The summed E-state index contributed by atoms with van der Waals surface area (Å²) in [5, 5.41) is 0. The first-order chi connectivity index (χ1) is 11.7. The average Bonchev–Trinajstić information content (AvgIpc) is 2.99. The Morgan fingerprint density at radius 3 is 2.67 bits per heavy atom. The van der Waals surface area contributed by atoms with Gasteiger partial charge in [-0.1, -0.05) is 19.3 Å². The molecule has 2 fully saturated rings. The topological polar surface area (TPSA) is 68.5 Å². The van der Waals surface area contributed by atoms with Crippen LogP contribution in [-0.4, -0.2) is 48.6 Å². The fourth-order valence-electron chi connectivity index (χ4n) is 4.31. The van der Waals surface area contributed by atoms with Crippen LogP contribution in [0.4, 0.5) is 0 Å². The van der Waals surface area contributed by atoms with E-state index in [4.69, 9.17) is 10.5 Å². The third-order valence-electron chi connectivity index (χ3n) is 5.47. The highest BCUT2D eigenvalue weighted by Gasteiger charge is 2.35. The molecule has 2 heterocycles. The summed E-state index contributed by atoms with van der Waals surface area (Å²) in [6.07, 6.45) is 10.6.